The zero-order valence-corrected chi connectivity index (χ0v) is 15.3. The molecule has 0 saturated carbocycles. The third kappa shape index (κ3) is 2.35. The van der Waals surface area contributed by atoms with Gasteiger partial charge in [0.1, 0.15) is 6.04 Å². The van der Waals surface area contributed by atoms with Gasteiger partial charge in [0.15, 0.2) is 0 Å². The predicted molar refractivity (Wildman–Crippen MR) is 93.1 cm³/mol. The van der Waals surface area contributed by atoms with Gasteiger partial charge in [-0.1, -0.05) is 6.92 Å². The van der Waals surface area contributed by atoms with E-state index in [0.29, 0.717) is 12.8 Å². The summed E-state index contributed by atoms with van der Waals surface area (Å²) in [6.07, 6.45) is 2.98. The van der Waals surface area contributed by atoms with Gasteiger partial charge in [-0.15, -0.1) is 0 Å². The minimum absolute atomic E-state index is 0.00240. The average Bonchev–Trinajstić information content (AvgIpc) is 2.66. The molecule has 0 aromatic heterocycles. The summed E-state index contributed by atoms with van der Waals surface area (Å²) in [5, 5.41) is 9.65. The lowest BCUT2D eigenvalue weighted by molar-refractivity contribution is -0.156. The summed E-state index contributed by atoms with van der Waals surface area (Å²) >= 11 is 0. The zero-order chi connectivity index (χ0) is 17.8. The Morgan fingerprint density at radius 3 is 2.29 bits per heavy atom. The predicted octanol–water partition coefficient (Wildman–Crippen LogP) is 3.62. The number of carboxylic acids is 1. The Balaban J connectivity index is 2.27. The van der Waals surface area contributed by atoms with E-state index in [1.165, 1.54) is 33.4 Å². The monoisotopic (exact) mass is 329 g/mol. The van der Waals surface area contributed by atoms with Crippen LogP contribution in [0.25, 0.3) is 0 Å². The standard InChI is InChI=1S/C20H27NO3/c1-10-9-15-13(4)11(2)12(3)14(5)18(15)16-7-6-8-17(20(23)24)21(16)19(10)22/h10,16-17H,6-9H2,1-5H3,(H,23,24)/t10-,16?,17?/m0/s1. The van der Waals surface area contributed by atoms with Gasteiger partial charge < -0.3 is 10.0 Å². The van der Waals surface area contributed by atoms with Gasteiger partial charge in [-0.3, -0.25) is 4.79 Å². The first-order valence-electron chi connectivity index (χ1n) is 8.89. The maximum Gasteiger partial charge on any atom is 0.326 e. The van der Waals surface area contributed by atoms with Crippen molar-refractivity contribution in [2.45, 2.75) is 72.4 Å². The number of hydrogen-bond donors (Lipinski definition) is 1. The number of hydrogen-bond acceptors (Lipinski definition) is 2. The average molecular weight is 329 g/mol. The topological polar surface area (TPSA) is 57.6 Å². The third-order valence-corrected chi connectivity index (χ3v) is 6.30. The summed E-state index contributed by atoms with van der Waals surface area (Å²) in [6.45, 7) is 10.5. The summed E-state index contributed by atoms with van der Waals surface area (Å²) in [4.78, 5) is 26.5. The van der Waals surface area contributed by atoms with Crippen LogP contribution in [0.3, 0.4) is 0 Å². The van der Waals surface area contributed by atoms with Crippen molar-refractivity contribution in [2.75, 3.05) is 0 Å². The number of benzene rings is 1. The lowest BCUT2D eigenvalue weighted by Crippen LogP contribution is -2.50. The smallest absolute Gasteiger partial charge is 0.326 e. The molecule has 24 heavy (non-hydrogen) atoms. The quantitative estimate of drug-likeness (QED) is 0.856. The molecule has 1 fully saturated rings. The van der Waals surface area contributed by atoms with E-state index in [1.54, 1.807) is 4.90 Å². The first-order chi connectivity index (χ1) is 11.3. The number of piperidine rings is 1. The van der Waals surface area contributed by atoms with Gasteiger partial charge in [-0.05, 0) is 86.8 Å². The van der Waals surface area contributed by atoms with Crippen molar-refractivity contribution in [3.63, 3.8) is 0 Å². The molecule has 1 aromatic rings. The minimum atomic E-state index is -0.873. The van der Waals surface area contributed by atoms with E-state index in [1.807, 2.05) is 6.92 Å². The van der Waals surface area contributed by atoms with Crippen LogP contribution in [0.2, 0.25) is 0 Å². The summed E-state index contributed by atoms with van der Waals surface area (Å²) in [7, 11) is 0. The van der Waals surface area contributed by atoms with Gasteiger partial charge >= 0.3 is 5.97 Å². The zero-order valence-electron chi connectivity index (χ0n) is 15.3. The fourth-order valence-corrected chi connectivity index (χ4v) is 4.61. The van der Waals surface area contributed by atoms with Crippen molar-refractivity contribution in [2.24, 2.45) is 5.92 Å². The highest BCUT2D eigenvalue weighted by Gasteiger charge is 2.44. The Bertz CT molecular complexity index is 722. The molecule has 1 amide bonds. The van der Waals surface area contributed by atoms with E-state index in [4.69, 9.17) is 0 Å². The molecule has 3 rings (SSSR count). The van der Waals surface area contributed by atoms with Crippen molar-refractivity contribution in [1.82, 2.24) is 4.90 Å². The van der Waals surface area contributed by atoms with Crippen LogP contribution in [-0.2, 0) is 16.0 Å². The van der Waals surface area contributed by atoms with Crippen molar-refractivity contribution in [3.8, 4) is 0 Å². The van der Waals surface area contributed by atoms with Crippen LogP contribution >= 0.6 is 0 Å². The maximum atomic E-state index is 13.0. The molecular weight excluding hydrogens is 302 g/mol. The fourth-order valence-electron chi connectivity index (χ4n) is 4.61. The van der Waals surface area contributed by atoms with Gasteiger partial charge in [-0.25, -0.2) is 4.79 Å². The number of aliphatic carboxylic acids is 1. The van der Waals surface area contributed by atoms with Gasteiger partial charge in [0.05, 0.1) is 6.04 Å². The minimum Gasteiger partial charge on any atom is -0.480 e. The van der Waals surface area contributed by atoms with Crippen LogP contribution < -0.4 is 0 Å². The molecule has 0 radical (unpaired) electrons. The fraction of sp³-hybridized carbons (Fsp3) is 0.600. The second kappa shape index (κ2) is 5.91. The third-order valence-electron chi connectivity index (χ3n) is 6.30. The van der Waals surface area contributed by atoms with E-state index in [9.17, 15) is 14.7 Å². The molecule has 1 saturated heterocycles. The van der Waals surface area contributed by atoms with Gasteiger partial charge in [0.2, 0.25) is 5.91 Å². The van der Waals surface area contributed by atoms with Gasteiger partial charge in [-0.2, -0.15) is 0 Å². The van der Waals surface area contributed by atoms with E-state index in [-0.39, 0.29) is 17.9 Å². The number of nitrogens with zero attached hydrogens (tertiary/aromatic N) is 1. The molecule has 4 heteroatoms. The molecule has 2 heterocycles. The Kier molecular flexibility index (Phi) is 4.18. The summed E-state index contributed by atoms with van der Waals surface area (Å²) in [5.74, 6) is -1.05. The molecule has 4 nitrogen and oxygen atoms in total. The highest BCUT2D eigenvalue weighted by Crippen LogP contribution is 2.44. The highest BCUT2D eigenvalue weighted by molar-refractivity contribution is 5.86. The van der Waals surface area contributed by atoms with E-state index < -0.39 is 12.0 Å². The highest BCUT2D eigenvalue weighted by atomic mass is 16.4. The summed E-state index contributed by atoms with van der Waals surface area (Å²) in [5.41, 5.74) is 7.56. The lowest BCUT2D eigenvalue weighted by Gasteiger charge is -2.41. The van der Waals surface area contributed by atoms with E-state index in [0.717, 1.165) is 12.8 Å². The Morgan fingerprint density at radius 1 is 1.04 bits per heavy atom. The largest absolute Gasteiger partial charge is 0.480 e. The number of amides is 1. The second-order valence-corrected chi connectivity index (χ2v) is 7.54. The number of fused-ring (bicyclic) bond motifs is 3. The van der Waals surface area contributed by atoms with Crippen molar-refractivity contribution < 1.29 is 14.7 Å². The Hall–Kier alpha value is -1.84. The van der Waals surface area contributed by atoms with E-state index in [2.05, 4.69) is 27.7 Å². The van der Waals surface area contributed by atoms with Crippen molar-refractivity contribution >= 4 is 11.9 Å². The van der Waals surface area contributed by atoms with Crippen LogP contribution in [0.15, 0.2) is 0 Å². The molecule has 2 aliphatic heterocycles. The van der Waals surface area contributed by atoms with E-state index >= 15 is 0 Å². The molecule has 1 aromatic carbocycles. The summed E-state index contributed by atoms with van der Waals surface area (Å²) in [6, 6.07) is -0.781. The number of rotatable bonds is 1. The van der Waals surface area contributed by atoms with Crippen molar-refractivity contribution in [1.29, 1.82) is 0 Å². The van der Waals surface area contributed by atoms with Gasteiger partial charge in [0, 0.05) is 5.92 Å². The van der Waals surface area contributed by atoms with Crippen molar-refractivity contribution in [3.05, 3.63) is 33.4 Å². The van der Waals surface area contributed by atoms with Crippen LogP contribution in [0.1, 0.15) is 65.6 Å². The Morgan fingerprint density at radius 2 is 1.67 bits per heavy atom. The molecule has 130 valence electrons. The van der Waals surface area contributed by atoms with Crippen LogP contribution in [0.5, 0.6) is 0 Å². The summed E-state index contributed by atoms with van der Waals surface area (Å²) < 4.78 is 0. The van der Waals surface area contributed by atoms with Crippen LogP contribution in [0.4, 0.5) is 0 Å². The number of carbonyl (C=O) groups is 2. The lowest BCUT2D eigenvalue weighted by atomic mass is 9.81. The van der Waals surface area contributed by atoms with Crippen LogP contribution in [0, 0.1) is 33.6 Å². The molecule has 2 unspecified atom stereocenters. The molecule has 3 atom stereocenters. The van der Waals surface area contributed by atoms with Gasteiger partial charge in [0.25, 0.3) is 0 Å². The molecule has 0 spiro atoms. The number of carbonyl (C=O) groups excluding carboxylic acids is 1. The second-order valence-electron chi connectivity index (χ2n) is 7.54. The first-order valence-corrected chi connectivity index (χ1v) is 8.89. The molecule has 0 aliphatic carbocycles. The Labute approximate surface area is 143 Å². The van der Waals surface area contributed by atoms with Crippen LogP contribution in [-0.4, -0.2) is 27.9 Å². The molecule has 2 aliphatic rings. The maximum absolute atomic E-state index is 13.0. The molecule has 0 bridgehead atoms. The number of carboxylic acid groups (broad SMARTS) is 1. The molecular formula is C20H27NO3. The first kappa shape index (κ1) is 17.0. The molecule has 1 N–H and O–H groups in total. The SMILES string of the molecule is Cc1c(C)c(C)c2c(c1C)C[C@H](C)C(=O)N1C(C(=O)O)CCCC21. The normalized spacial score (nSPS) is 26.6.